The zero-order chi connectivity index (χ0) is 17.6. The van der Waals surface area contributed by atoms with Gasteiger partial charge in [-0.15, -0.1) is 5.10 Å². The van der Waals surface area contributed by atoms with Crippen LogP contribution in [0.1, 0.15) is 41.8 Å². The molecule has 4 rings (SSSR count). The SMILES string of the molecule is Cc1nc(C(=O)N2C[C@H]3CNC[C@H]3C2)nn1-c1ccccc1C(C)C. The van der Waals surface area contributed by atoms with Gasteiger partial charge < -0.3 is 10.2 Å². The van der Waals surface area contributed by atoms with Crippen LogP contribution in [-0.2, 0) is 0 Å². The van der Waals surface area contributed by atoms with Gasteiger partial charge in [0.2, 0.25) is 5.82 Å². The number of nitrogens with one attached hydrogen (secondary N) is 1. The Labute approximate surface area is 148 Å². The second-order valence-electron chi connectivity index (χ2n) is 7.50. The van der Waals surface area contributed by atoms with Crippen LogP contribution in [-0.4, -0.2) is 51.8 Å². The maximum absolute atomic E-state index is 12.9. The first-order valence-corrected chi connectivity index (χ1v) is 9.07. The van der Waals surface area contributed by atoms with E-state index in [1.165, 1.54) is 5.56 Å². The van der Waals surface area contributed by atoms with Crippen LogP contribution in [0.25, 0.3) is 5.69 Å². The van der Waals surface area contributed by atoms with Crippen LogP contribution in [0.5, 0.6) is 0 Å². The summed E-state index contributed by atoms with van der Waals surface area (Å²) in [6.45, 7) is 9.87. The lowest BCUT2D eigenvalue weighted by Crippen LogP contribution is -2.32. The van der Waals surface area contributed by atoms with Gasteiger partial charge in [-0.2, -0.15) is 0 Å². The monoisotopic (exact) mass is 339 g/mol. The molecule has 2 atom stereocenters. The third-order valence-electron chi connectivity index (χ3n) is 5.42. The van der Waals surface area contributed by atoms with Gasteiger partial charge in [0.25, 0.3) is 5.91 Å². The minimum atomic E-state index is -0.0433. The van der Waals surface area contributed by atoms with Crippen molar-refractivity contribution >= 4 is 5.91 Å². The molecule has 1 aromatic carbocycles. The van der Waals surface area contributed by atoms with E-state index in [0.29, 0.717) is 23.6 Å². The summed E-state index contributed by atoms with van der Waals surface area (Å²) in [5.41, 5.74) is 2.21. The lowest BCUT2D eigenvalue weighted by molar-refractivity contribution is 0.0769. The summed E-state index contributed by atoms with van der Waals surface area (Å²) in [7, 11) is 0. The van der Waals surface area contributed by atoms with E-state index in [1.54, 1.807) is 4.68 Å². The topological polar surface area (TPSA) is 63.1 Å². The maximum Gasteiger partial charge on any atom is 0.293 e. The molecule has 0 unspecified atom stereocenters. The normalized spacial score (nSPS) is 22.6. The van der Waals surface area contributed by atoms with E-state index >= 15 is 0 Å². The summed E-state index contributed by atoms with van der Waals surface area (Å²) in [6, 6.07) is 8.18. The van der Waals surface area contributed by atoms with E-state index < -0.39 is 0 Å². The number of aromatic nitrogens is 3. The molecule has 0 spiro atoms. The van der Waals surface area contributed by atoms with Crippen molar-refractivity contribution in [1.82, 2.24) is 25.0 Å². The largest absolute Gasteiger partial charge is 0.335 e. The first kappa shape index (κ1) is 16.3. The Kier molecular flexibility index (Phi) is 4.07. The van der Waals surface area contributed by atoms with Crippen LogP contribution in [0.15, 0.2) is 24.3 Å². The van der Waals surface area contributed by atoms with Crippen LogP contribution >= 0.6 is 0 Å². The van der Waals surface area contributed by atoms with Crippen LogP contribution in [0, 0.1) is 18.8 Å². The molecule has 0 saturated carbocycles. The highest BCUT2D eigenvalue weighted by Gasteiger charge is 2.39. The number of nitrogens with zero attached hydrogens (tertiary/aromatic N) is 4. The second-order valence-corrected chi connectivity index (χ2v) is 7.50. The molecule has 2 aliphatic heterocycles. The summed E-state index contributed by atoms with van der Waals surface area (Å²) in [5, 5.41) is 7.96. The molecule has 1 amide bonds. The molecule has 0 radical (unpaired) electrons. The predicted octanol–water partition coefficient (Wildman–Crippen LogP) is 1.99. The quantitative estimate of drug-likeness (QED) is 0.929. The molecule has 2 aromatic rings. The van der Waals surface area contributed by atoms with E-state index in [2.05, 4.69) is 35.3 Å². The summed E-state index contributed by atoms with van der Waals surface area (Å²) >= 11 is 0. The Morgan fingerprint density at radius 2 is 1.88 bits per heavy atom. The molecule has 2 saturated heterocycles. The first-order valence-electron chi connectivity index (χ1n) is 9.07. The van der Waals surface area contributed by atoms with Crippen molar-refractivity contribution in [3.05, 3.63) is 41.5 Å². The Bertz CT molecular complexity index is 785. The number of carbonyl (C=O) groups excluding carboxylic acids is 1. The number of aryl methyl sites for hydroxylation is 1. The van der Waals surface area contributed by atoms with Crippen molar-refractivity contribution < 1.29 is 4.79 Å². The number of hydrogen-bond acceptors (Lipinski definition) is 4. The zero-order valence-corrected chi connectivity index (χ0v) is 15.1. The number of benzene rings is 1. The molecule has 132 valence electrons. The number of hydrogen-bond donors (Lipinski definition) is 1. The van der Waals surface area contributed by atoms with Crippen LogP contribution in [0.2, 0.25) is 0 Å². The van der Waals surface area contributed by atoms with E-state index in [-0.39, 0.29) is 5.91 Å². The third-order valence-corrected chi connectivity index (χ3v) is 5.42. The van der Waals surface area contributed by atoms with Gasteiger partial charge >= 0.3 is 0 Å². The lowest BCUT2D eigenvalue weighted by atomic mass is 10.0. The minimum absolute atomic E-state index is 0.0433. The molecule has 1 N–H and O–H groups in total. The number of likely N-dealkylation sites (tertiary alicyclic amines) is 1. The van der Waals surface area contributed by atoms with Gasteiger partial charge in [0.15, 0.2) is 0 Å². The molecule has 0 aliphatic carbocycles. The van der Waals surface area contributed by atoms with Gasteiger partial charge in [0.1, 0.15) is 5.82 Å². The van der Waals surface area contributed by atoms with E-state index in [9.17, 15) is 4.79 Å². The summed E-state index contributed by atoms with van der Waals surface area (Å²) in [6.07, 6.45) is 0. The zero-order valence-electron chi connectivity index (χ0n) is 15.1. The van der Waals surface area contributed by atoms with Crippen molar-refractivity contribution in [3.8, 4) is 5.69 Å². The molecular formula is C19H25N5O. The fourth-order valence-electron chi connectivity index (χ4n) is 4.04. The number of rotatable bonds is 3. The highest BCUT2D eigenvalue weighted by molar-refractivity contribution is 5.90. The van der Waals surface area contributed by atoms with Gasteiger partial charge in [-0.05, 0) is 36.3 Å². The second kappa shape index (κ2) is 6.26. The fourth-order valence-corrected chi connectivity index (χ4v) is 4.04. The van der Waals surface area contributed by atoms with Crippen molar-refractivity contribution in [3.63, 3.8) is 0 Å². The Morgan fingerprint density at radius 3 is 2.56 bits per heavy atom. The average molecular weight is 339 g/mol. The third kappa shape index (κ3) is 2.84. The highest BCUT2D eigenvalue weighted by Crippen LogP contribution is 2.27. The van der Waals surface area contributed by atoms with Gasteiger partial charge in [-0.3, -0.25) is 4.79 Å². The molecule has 3 heterocycles. The van der Waals surface area contributed by atoms with Crippen LogP contribution in [0.3, 0.4) is 0 Å². The van der Waals surface area contributed by atoms with Gasteiger partial charge in [0, 0.05) is 26.2 Å². The van der Waals surface area contributed by atoms with Crippen molar-refractivity contribution in [2.75, 3.05) is 26.2 Å². The predicted molar refractivity (Wildman–Crippen MR) is 95.9 cm³/mol. The summed E-state index contributed by atoms with van der Waals surface area (Å²) < 4.78 is 1.81. The summed E-state index contributed by atoms with van der Waals surface area (Å²) in [4.78, 5) is 19.3. The van der Waals surface area contributed by atoms with E-state index in [1.807, 2.05) is 30.0 Å². The molecule has 6 nitrogen and oxygen atoms in total. The van der Waals surface area contributed by atoms with Gasteiger partial charge in [0.05, 0.1) is 5.69 Å². The molecule has 1 aromatic heterocycles. The molecule has 25 heavy (non-hydrogen) atoms. The highest BCUT2D eigenvalue weighted by atomic mass is 16.2. The van der Waals surface area contributed by atoms with E-state index in [0.717, 1.165) is 37.7 Å². The van der Waals surface area contributed by atoms with Crippen LogP contribution in [0.4, 0.5) is 0 Å². The lowest BCUT2D eigenvalue weighted by Gasteiger charge is -2.15. The Morgan fingerprint density at radius 1 is 1.20 bits per heavy atom. The fraction of sp³-hybridized carbons (Fsp3) is 0.526. The molecule has 6 heteroatoms. The Balaban J connectivity index is 1.62. The average Bonchev–Trinajstić information content (AvgIpc) is 3.28. The maximum atomic E-state index is 12.9. The standard InChI is InChI=1S/C19H25N5O/c1-12(2)16-6-4-5-7-17(16)24-13(3)21-18(22-24)19(25)23-10-14-8-20-9-15(14)11-23/h4-7,12,14-15,20H,8-11H2,1-3H3/t14-,15+. The van der Waals surface area contributed by atoms with Crippen molar-refractivity contribution in [1.29, 1.82) is 0 Å². The molecule has 2 fully saturated rings. The van der Waals surface area contributed by atoms with Crippen LogP contribution < -0.4 is 5.32 Å². The molecule has 0 bridgehead atoms. The van der Waals surface area contributed by atoms with Gasteiger partial charge in [-0.25, -0.2) is 9.67 Å². The van der Waals surface area contributed by atoms with E-state index in [4.69, 9.17) is 0 Å². The van der Waals surface area contributed by atoms with Crippen molar-refractivity contribution in [2.24, 2.45) is 11.8 Å². The molecule has 2 aliphatic rings. The number of para-hydroxylation sites is 1. The number of fused-ring (bicyclic) bond motifs is 1. The Hall–Kier alpha value is -2.21. The van der Waals surface area contributed by atoms with Gasteiger partial charge in [-0.1, -0.05) is 32.0 Å². The molecular weight excluding hydrogens is 314 g/mol. The number of amides is 1. The minimum Gasteiger partial charge on any atom is -0.335 e. The number of carbonyl (C=O) groups is 1. The van der Waals surface area contributed by atoms with Crippen molar-refractivity contribution in [2.45, 2.75) is 26.7 Å². The first-order chi connectivity index (χ1) is 12.0. The smallest absolute Gasteiger partial charge is 0.293 e. The summed E-state index contributed by atoms with van der Waals surface area (Å²) in [5.74, 6) is 2.55.